The average Bonchev–Trinajstić information content (AvgIpc) is 2.63. The van der Waals surface area contributed by atoms with E-state index in [1.54, 1.807) is 6.92 Å². The molecular weight excluding hydrogens is 332 g/mol. The topological polar surface area (TPSA) is 52.1 Å². The van der Waals surface area contributed by atoms with Gasteiger partial charge in [0.1, 0.15) is 5.56 Å². The summed E-state index contributed by atoms with van der Waals surface area (Å²) in [6.45, 7) is 3.92. The summed E-state index contributed by atoms with van der Waals surface area (Å²) in [5.41, 5.74) is 2.51. The molecule has 126 valence electrons. The Balaban J connectivity index is 2.09. The predicted octanol–water partition coefficient (Wildman–Crippen LogP) is 4.78. The summed E-state index contributed by atoms with van der Waals surface area (Å²) in [7, 11) is 0. The molecule has 0 aliphatic rings. The van der Waals surface area contributed by atoms with Gasteiger partial charge in [-0.05, 0) is 37.7 Å². The molecule has 0 atom stereocenters. The van der Waals surface area contributed by atoms with E-state index < -0.39 is 5.97 Å². The van der Waals surface area contributed by atoms with Crippen LogP contribution in [0, 0.1) is 6.92 Å². The van der Waals surface area contributed by atoms with Gasteiger partial charge in [-0.2, -0.15) is 0 Å². The number of carbonyl (C=O) groups is 1. The summed E-state index contributed by atoms with van der Waals surface area (Å²) in [5.74, 6) is -0.393. The Morgan fingerprint density at radius 2 is 1.64 bits per heavy atom. The monoisotopic (exact) mass is 350 g/mol. The Kier molecular flexibility index (Phi) is 5.46. The van der Waals surface area contributed by atoms with Crippen LogP contribution in [0.25, 0.3) is 11.3 Å². The molecule has 0 unspecified atom stereocenters. The third-order valence-corrected chi connectivity index (χ3v) is 4.42. The van der Waals surface area contributed by atoms with Crippen LogP contribution in [-0.2, 0) is 4.74 Å². The summed E-state index contributed by atoms with van der Waals surface area (Å²) in [6, 6.07) is 19.6. The Morgan fingerprint density at radius 3 is 2.28 bits per heavy atom. The lowest BCUT2D eigenvalue weighted by Gasteiger charge is -2.12. The van der Waals surface area contributed by atoms with Crippen molar-refractivity contribution in [2.75, 3.05) is 6.61 Å². The van der Waals surface area contributed by atoms with Gasteiger partial charge in [0.25, 0.3) is 0 Å². The number of hydrogen-bond donors (Lipinski definition) is 0. The van der Waals surface area contributed by atoms with Gasteiger partial charge in [-0.1, -0.05) is 48.5 Å². The van der Waals surface area contributed by atoms with E-state index in [0.29, 0.717) is 28.7 Å². The van der Waals surface area contributed by atoms with Crippen molar-refractivity contribution >= 4 is 17.7 Å². The molecule has 0 saturated heterocycles. The van der Waals surface area contributed by atoms with E-state index in [2.05, 4.69) is 9.97 Å². The highest BCUT2D eigenvalue weighted by Gasteiger charge is 2.21. The minimum absolute atomic E-state index is 0.313. The van der Waals surface area contributed by atoms with Crippen molar-refractivity contribution in [3.63, 3.8) is 0 Å². The summed E-state index contributed by atoms with van der Waals surface area (Å²) < 4.78 is 5.20. The largest absolute Gasteiger partial charge is 0.462 e. The molecule has 4 nitrogen and oxygen atoms in total. The van der Waals surface area contributed by atoms with E-state index in [9.17, 15) is 4.79 Å². The smallest absolute Gasteiger partial charge is 0.342 e. The van der Waals surface area contributed by atoms with Gasteiger partial charge in [0.05, 0.1) is 18.0 Å². The number of carbonyl (C=O) groups excluding carboxylic acids is 1. The predicted molar refractivity (Wildman–Crippen MR) is 98.7 cm³/mol. The lowest BCUT2D eigenvalue weighted by molar-refractivity contribution is 0.0525. The van der Waals surface area contributed by atoms with E-state index in [-0.39, 0.29) is 0 Å². The molecule has 3 rings (SSSR count). The summed E-state index contributed by atoms with van der Waals surface area (Å²) in [4.78, 5) is 22.6. The first-order valence-corrected chi connectivity index (χ1v) is 8.84. The summed E-state index contributed by atoms with van der Waals surface area (Å²) in [6.07, 6.45) is 0. The molecule has 0 saturated carbocycles. The second kappa shape index (κ2) is 7.94. The molecule has 0 aliphatic heterocycles. The molecule has 0 bridgehead atoms. The highest BCUT2D eigenvalue weighted by Crippen LogP contribution is 2.30. The van der Waals surface area contributed by atoms with Crippen molar-refractivity contribution in [3.05, 3.63) is 71.9 Å². The number of benzene rings is 2. The van der Waals surface area contributed by atoms with Crippen LogP contribution >= 0.6 is 11.8 Å². The van der Waals surface area contributed by atoms with Crippen molar-refractivity contribution in [3.8, 4) is 11.3 Å². The molecule has 0 fully saturated rings. The van der Waals surface area contributed by atoms with Gasteiger partial charge in [-0.15, -0.1) is 0 Å². The zero-order chi connectivity index (χ0) is 17.6. The average molecular weight is 350 g/mol. The van der Waals surface area contributed by atoms with Crippen molar-refractivity contribution < 1.29 is 9.53 Å². The molecule has 0 amide bonds. The Bertz CT molecular complexity index is 868. The van der Waals surface area contributed by atoms with Gasteiger partial charge < -0.3 is 4.74 Å². The first-order valence-electron chi connectivity index (χ1n) is 8.03. The van der Waals surface area contributed by atoms with Gasteiger partial charge >= 0.3 is 5.97 Å². The fourth-order valence-corrected chi connectivity index (χ4v) is 3.26. The number of hydrogen-bond acceptors (Lipinski definition) is 5. The minimum Gasteiger partial charge on any atom is -0.462 e. The number of aryl methyl sites for hydroxylation is 1. The van der Waals surface area contributed by atoms with Crippen LogP contribution in [0.4, 0.5) is 0 Å². The maximum Gasteiger partial charge on any atom is 0.342 e. The Hall–Kier alpha value is -2.66. The molecule has 1 heterocycles. The quantitative estimate of drug-likeness (QED) is 0.489. The Labute approximate surface area is 151 Å². The molecule has 1 aromatic heterocycles. The van der Waals surface area contributed by atoms with Gasteiger partial charge in [-0.3, -0.25) is 0 Å². The first kappa shape index (κ1) is 17.2. The maximum absolute atomic E-state index is 12.4. The molecule has 2 aromatic carbocycles. The van der Waals surface area contributed by atoms with E-state index in [0.717, 1.165) is 10.5 Å². The summed E-state index contributed by atoms with van der Waals surface area (Å²) >= 11 is 1.47. The van der Waals surface area contributed by atoms with Gasteiger partial charge in [0.15, 0.2) is 5.16 Å². The van der Waals surface area contributed by atoms with E-state index in [1.165, 1.54) is 11.8 Å². The number of ether oxygens (including phenoxy) is 1. The van der Waals surface area contributed by atoms with Crippen molar-refractivity contribution in [1.82, 2.24) is 9.97 Å². The van der Waals surface area contributed by atoms with Gasteiger partial charge in [0, 0.05) is 10.5 Å². The van der Waals surface area contributed by atoms with Crippen molar-refractivity contribution in [2.45, 2.75) is 23.9 Å². The van der Waals surface area contributed by atoms with Gasteiger partial charge in [0.2, 0.25) is 0 Å². The lowest BCUT2D eigenvalue weighted by atomic mass is 10.0. The molecule has 0 radical (unpaired) electrons. The fourth-order valence-electron chi connectivity index (χ4n) is 2.44. The molecular formula is C20H18N2O2S. The maximum atomic E-state index is 12.4. The minimum atomic E-state index is -0.393. The van der Waals surface area contributed by atoms with Crippen LogP contribution in [0.2, 0.25) is 0 Å². The molecule has 0 spiro atoms. The fraction of sp³-hybridized carbons (Fsp3) is 0.150. The van der Waals surface area contributed by atoms with Gasteiger partial charge in [-0.25, -0.2) is 14.8 Å². The first-order chi connectivity index (χ1) is 12.2. The molecule has 3 aromatic rings. The van der Waals surface area contributed by atoms with E-state index in [4.69, 9.17) is 4.74 Å². The number of aromatic nitrogens is 2. The third kappa shape index (κ3) is 4.06. The standard InChI is InChI=1S/C20H18N2O2S/c1-3-24-19(23)17-14(2)21-20(25-16-12-8-5-9-13-16)22-18(17)15-10-6-4-7-11-15/h4-13H,3H2,1-2H3. The van der Waals surface area contributed by atoms with Crippen LogP contribution in [-0.4, -0.2) is 22.5 Å². The Morgan fingerprint density at radius 1 is 1.00 bits per heavy atom. The molecule has 0 N–H and O–H groups in total. The molecule has 5 heteroatoms. The summed E-state index contributed by atoms with van der Waals surface area (Å²) in [5, 5.41) is 0.607. The second-order valence-electron chi connectivity index (χ2n) is 5.32. The normalized spacial score (nSPS) is 10.5. The van der Waals surface area contributed by atoms with Crippen LogP contribution in [0.3, 0.4) is 0 Å². The van der Waals surface area contributed by atoms with E-state index in [1.807, 2.05) is 67.6 Å². The molecule has 0 aliphatic carbocycles. The number of nitrogens with zero attached hydrogens (tertiary/aromatic N) is 2. The highest BCUT2D eigenvalue weighted by atomic mass is 32.2. The highest BCUT2D eigenvalue weighted by molar-refractivity contribution is 7.99. The van der Waals surface area contributed by atoms with Crippen molar-refractivity contribution in [1.29, 1.82) is 0 Å². The third-order valence-electron chi connectivity index (χ3n) is 3.55. The van der Waals surface area contributed by atoms with Crippen LogP contribution in [0.1, 0.15) is 23.0 Å². The number of rotatable bonds is 5. The molecule has 25 heavy (non-hydrogen) atoms. The zero-order valence-corrected chi connectivity index (χ0v) is 14.9. The number of esters is 1. The second-order valence-corrected chi connectivity index (χ2v) is 6.36. The van der Waals surface area contributed by atoms with Crippen molar-refractivity contribution in [2.24, 2.45) is 0 Å². The van der Waals surface area contributed by atoms with Crippen LogP contribution in [0.15, 0.2) is 70.7 Å². The zero-order valence-electron chi connectivity index (χ0n) is 14.1. The lowest BCUT2D eigenvalue weighted by Crippen LogP contribution is -2.12. The van der Waals surface area contributed by atoms with E-state index >= 15 is 0 Å². The van der Waals surface area contributed by atoms with Crippen LogP contribution in [0.5, 0.6) is 0 Å². The SMILES string of the molecule is CCOC(=O)c1c(C)nc(Sc2ccccc2)nc1-c1ccccc1. The van der Waals surface area contributed by atoms with Crippen LogP contribution < -0.4 is 0 Å².